The highest BCUT2D eigenvalue weighted by Crippen LogP contribution is 2.14. The van der Waals surface area contributed by atoms with E-state index in [1.54, 1.807) is 0 Å². The van der Waals surface area contributed by atoms with E-state index in [-0.39, 0.29) is 0 Å². The zero-order valence-electron chi connectivity index (χ0n) is 8.12. The van der Waals surface area contributed by atoms with Crippen LogP contribution in [0.4, 0.5) is 0 Å². The van der Waals surface area contributed by atoms with Gasteiger partial charge < -0.3 is 10.5 Å². The Kier molecular flexibility index (Phi) is 4.33. The lowest BCUT2D eigenvalue weighted by Crippen LogP contribution is -2.00. The summed E-state index contributed by atoms with van der Waals surface area (Å²) in [7, 11) is 0. The predicted molar refractivity (Wildman–Crippen MR) is 55.0 cm³/mol. The van der Waals surface area contributed by atoms with Crippen LogP contribution in [0.1, 0.15) is 18.9 Å². The average Bonchev–Trinajstić information content (AvgIpc) is 2.16. The molecule has 13 heavy (non-hydrogen) atoms. The van der Waals surface area contributed by atoms with Crippen molar-refractivity contribution >= 4 is 0 Å². The molecule has 0 aromatic heterocycles. The highest BCUT2D eigenvalue weighted by molar-refractivity contribution is 5.28. The predicted octanol–water partition coefficient (Wildman–Crippen LogP) is 1.98. The van der Waals surface area contributed by atoms with Crippen molar-refractivity contribution in [2.45, 2.75) is 19.8 Å². The summed E-state index contributed by atoms with van der Waals surface area (Å²) >= 11 is 0. The minimum Gasteiger partial charge on any atom is -0.494 e. The first-order valence-corrected chi connectivity index (χ1v) is 4.78. The fourth-order valence-corrected chi connectivity index (χ4v) is 1.26. The highest BCUT2D eigenvalue weighted by Gasteiger charge is 1.95. The number of hydrogen-bond donors (Lipinski definition) is 1. The van der Waals surface area contributed by atoms with Crippen LogP contribution in [0.25, 0.3) is 0 Å². The first kappa shape index (κ1) is 10.1. The summed E-state index contributed by atoms with van der Waals surface area (Å²) in [5.74, 6) is 0.956. The van der Waals surface area contributed by atoms with Crippen LogP contribution in [-0.2, 0) is 6.42 Å². The summed E-state index contributed by atoms with van der Waals surface area (Å²) in [6.45, 7) is 3.46. The van der Waals surface area contributed by atoms with Gasteiger partial charge in [0, 0.05) is 0 Å². The Morgan fingerprint density at radius 3 is 2.92 bits per heavy atom. The number of rotatable bonds is 5. The van der Waals surface area contributed by atoms with Gasteiger partial charge in [-0.25, -0.2) is 0 Å². The van der Waals surface area contributed by atoms with E-state index < -0.39 is 0 Å². The highest BCUT2D eigenvalue weighted by atomic mass is 16.5. The molecule has 72 valence electrons. The van der Waals surface area contributed by atoms with Gasteiger partial charge in [0.25, 0.3) is 0 Å². The van der Waals surface area contributed by atoms with Crippen LogP contribution < -0.4 is 10.5 Å². The van der Waals surface area contributed by atoms with E-state index >= 15 is 0 Å². The molecule has 0 heterocycles. The van der Waals surface area contributed by atoms with Gasteiger partial charge in [0.2, 0.25) is 0 Å². The van der Waals surface area contributed by atoms with Crippen molar-refractivity contribution in [3.63, 3.8) is 0 Å². The smallest absolute Gasteiger partial charge is 0.119 e. The molecule has 2 heteroatoms. The molecule has 0 atom stereocenters. The first-order chi connectivity index (χ1) is 6.36. The Labute approximate surface area is 79.7 Å². The second kappa shape index (κ2) is 5.60. The molecule has 0 bridgehead atoms. The summed E-state index contributed by atoms with van der Waals surface area (Å²) in [6, 6.07) is 8.20. The molecule has 1 aromatic carbocycles. The molecule has 0 spiro atoms. The van der Waals surface area contributed by atoms with E-state index in [4.69, 9.17) is 10.5 Å². The Morgan fingerprint density at radius 2 is 2.23 bits per heavy atom. The minimum atomic E-state index is 0.723. The van der Waals surface area contributed by atoms with E-state index in [9.17, 15) is 0 Å². The van der Waals surface area contributed by atoms with E-state index in [1.807, 2.05) is 19.1 Å². The van der Waals surface area contributed by atoms with Gasteiger partial charge in [0.1, 0.15) is 5.75 Å². The van der Waals surface area contributed by atoms with Crippen LogP contribution in [-0.4, -0.2) is 13.2 Å². The first-order valence-electron chi connectivity index (χ1n) is 4.78. The van der Waals surface area contributed by atoms with Crippen molar-refractivity contribution in [2.24, 2.45) is 5.73 Å². The van der Waals surface area contributed by atoms with Crippen LogP contribution in [0.2, 0.25) is 0 Å². The maximum atomic E-state index is 5.44. The van der Waals surface area contributed by atoms with Gasteiger partial charge in [-0.3, -0.25) is 0 Å². The Hall–Kier alpha value is -1.02. The summed E-state index contributed by atoms with van der Waals surface area (Å²) < 4.78 is 5.40. The van der Waals surface area contributed by atoms with Crippen molar-refractivity contribution in [3.8, 4) is 5.75 Å². The second-order valence-electron chi connectivity index (χ2n) is 2.97. The summed E-state index contributed by atoms with van der Waals surface area (Å²) in [4.78, 5) is 0. The Morgan fingerprint density at radius 1 is 1.38 bits per heavy atom. The number of benzene rings is 1. The lowest BCUT2D eigenvalue weighted by atomic mass is 10.1. The molecule has 2 nitrogen and oxygen atoms in total. The van der Waals surface area contributed by atoms with E-state index in [2.05, 4.69) is 12.1 Å². The Balaban J connectivity index is 2.56. The van der Waals surface area contributed by atoms with Crippen LogP contribution in [0, 0.1) is 0 Å². The van der Waals surface area contributed by atoms with E-state index in [1.165, 1.54) is 5.56 Å². The van der Waals surface area contributed by atoms with Gasteiger partial charge in [0.15, 0.2) is 0 Å². The van der Waals surface area contributed by atoms with Crippen molar-refractivity contribution in [2.75, 3.05) is 13.2 Å². The van der Waals surface area contributed by atoms with Crippen LogP contribution >= 0.6 is 0 Å². The molecule has 0 unspecified atom stereocenters. The van der Waals surface area contributed by atoms with Gasteiger partial charge in [-0.2, -0.15) is 0 Å². The topological polar surface area (TPSA) is 35.2 Å². The lowest BCUT2D eigenvalue weighted by Gasteiger charge is -2.05. The van der Waals surface area contributed by atoms with Gasteiger partial charge in [-0.1, -0.05) is 12.1 Å². The minimum absolute atomic E-state index is 0.723. The molecular weight excluding hydrogens is 162 g/mol. The normalized spacial score (nSPS) is 10.0. The molecule has 0 radical (unpaired) electrons. The zero-order valence-corrected chi connectivity index (χ0v) is 8.12. The SMILES string of the molecule is CCOc1cccc(CCCN)c1. The number of aryl methyl sites for hydroxylation is 1. The standard InChI is InChI=1S/C11H17NO/c1-2-13-11-7-3-5-10(9-11)6-4-8-12/h3,5,7,9H,2,4,6,8,12H2,1H3. The lowest BCUT2D eigenvalue weighted by molar-refractivity contribution is 0.340. The van der Waals surface area contributed by atoms with E-state index in [0.717, 1.165) is 31.7 Å². The number of ether oxygens (including phenoxy) is 1. The molecule has 1 aromatic rings. The van der Waals surface area contributed by atoms with Gasteiger partial charge in [0.05, 0.1) is 6.61 Å². The number of nitrogens with two attached hydrogens (primary N) is 1. The van der Waals surface area contributed by atoms with Gasteiger partial charge >= 0.3 is 0 Å². The maximum absolute atomic E-state index is 5.44. The van der Waals surface area contributed by atoms with E-state index in [0.29, 0.717) is 0 Å². The third kappa shape index (κ3) is 3.47. The summed E-state index contributed by atoms with van der Waals surface area (Å²) in [5, 5.41) is 0. The molecular formula is C11H17NO. The van der Waals surface area contributed by atoms with Crippen LogP contribution in [0.3, 0.4) is 0 Å². The van der Waals surface area contributed by atoms with Crippen molar-refractivity contribution in [1.82, 2.24) is 0 Å². The van der Waals surface area contributed by atoms with Crippen molar-refractivity contribution in [1.29, 1.82) is 0 Å². The quantitative estimate of drug-likeness (QED) is 0.750. The monoisotopic (exact) mass is 179 g/mol. The zero-order chi connectivity index (χ0) is 9.52. The molecule has 0 aliphatic heterocycles. The molecule has 0 aliphatic carbocycles. The third-order valence-electron chi connectivity index (χ3n) is 1.88. The fraction of sp³-hybridized carbons (Fsp3) is 0.455. The maximum Gasteiger partial charge on any atom is 0.119 e. The van der Waals surface area contributed by atoms with Crippen LogP contribution in [0.15, 0.2) is 24.3 Å². The third-order valence-corrected chi connectivity index (χ3v) is 1.88. The number of hydrogen-bond acceptors (Lipinski definition) is 2. The average molecular weight is 179 g/mol. The molecule has 0 saturated carbocycles. The second-order valence-corrected chi connectivity index (χ2v) is 2.97. The molecule has 0 amide bonds. The van der Waals surface area contributed by atoms with Crippen LogP contribution in [0.5, 0.6) is 5.75 Å². The fourth-order valence-electron chi connectivity index (χ4n) is 1.26. The van der Waals surface area contributed by atoms with Crippen molar-refractivity contribution < 1.29 is 4.74 Å². The molecule has 2 N–H and O–H groups in total. The largest absolute Gasteiger partial charge is 0.494 e. The summed E-state index contributed by atoms with van der Waals surface area (Å²) in [6.07, 6.45) is 2.08. The van der Waals surface area contributed by atoms with Crippen molar-refractivity contribution in [3.05, 3.63) is 29.8 Å². The Bertz CT molecular complexity index is 248. The van der Waals surface area contributed by atoms with Gasteiger partial charge in [-0.05, 0) is 44.0 Å². The molecule has 0 fully saturated rings. The molecule has 0 saturated heterocycles. The van der Waals surface area contributed by atoms with Gasteiger partial charge in [-0.15, -0.1) is 0 Å². The summed E-state index contributed by atoms with van der Waals surface area (Å²) in [5.41, 5.74) is 6.74. The molecule has 1 rings (SSSR count). The molecule has 0 aliphatic rings.